The summed E-state index contributed by atoms with van der Waals surface area (Å²) in [5.74, 6) is -0.223. The Hall–Kier alpha value is -9.52. The average molecular weight is 901 g/mol. The smallest absolute Gasteiger partial charge is 0.344 e. The van der Waals surface area contributed by atoms with Crippen molar-refractivity contribution in [3.63, 3.8) is 0 Å². The van der Waals surface area contributed by atoms with Crippen LogP contribution in [0.3, 0.4) is 0 Å². The third-order valence-corrected chi connectivity index (χ3v) is 13.5. The van der Waals surface area contributed by atoms with Crippen LogP contribution in [0.15, 0.2) is 243 Å². The fraction of sp³-hybridized carbons (Fsp3) is 0. The van der Waals surface area contributed by atoms with E-state index in [0.29, 0.717) is 44.2 Å². The van der Waals surface area contributed by atoms with Crippen LogP contribution in [0.5, 0.6) is 11.5 Å². The number of nitrogens with zero attached hydrogens (tertiary/aromatic N) is 2. The third kappa shape index (κ3) is 6.49. The minimum absolute atomic E-state index is 0.381. The molecule has 13 aromatic rings. The van der Waals surface area contributed by atoms with Crippen molar-refractivity contribution in [3.05, 3.63) is 254 Å². The lowest BCUT2D eigenvalue weighted by atomic mass is 9.93. The van der Waals surface area contributed by atoms with E-state index in [0.717, 1.165) is 77.2 Å². The maximum absolute atomic E-state index is 15.6. The van der Waals surface area contributed by atoms with Crippen molar-refractivity contribution in [2.24, 2.45) is 0 Å². The number of ether oxygens (including phenoxy) is 2. The van der Waals surface area contributed by atoms with Crippen LogP contribution >= 0.6 is 0 Å². The number of carbonyl (C=O) groups excluding carboxylic acids is 2. The lowest BCUT2D eigenvalue weighted by molar-refractivity contribution is 0.0726. The molecule has 13 aromatic carbocycles. The summed E-state index contributed by atoms with van der Waals surface area (Å²) in [4.78, 5) is 35.7. The standard InChI is InChI=1S/C64H40N2O4/c67-63(69-45-29-15-5-16-30-45)61-57-49-35-19-33-47-53(65(41-21-7-1-8-22-41)42-23-9-2-10-24-42)39-37-51(55(47)49)59(57)62(64(68)70-46-31-17-6-18-32-46)60-52-38-40-54(48-34-20-36-50(56(48)52)58(60)61)66(43-25-11-3-12-26-43)44-27-13-4-14-28-44/h1-40H. The Bertz CT molecular complexity index is 3670. The SMILES string of the molecule is O=C(Oc1ccccc1)c1c2c3cccc4c(N(c5ccccc5)c5ccccc5)ccc(c2c(C(=O)Oc2ccccc2)c2c5ccc(N(c6ccccc6)c6ccccc6)c6cccc(c12)c65)c43. The summed E-state index contributed by atoms with van der Waals surface area (Å²) >= 11 is 0. The van der Waals surface area contributed by atoms with E-state index in [1.165, 1.54) is 0 Å². The van der Waals surface area contributed by atoms with Gasteiger partial charge in [-0.15, -0.1) is 0 Å². The molecule has 0 heterocycles. The molecule has 0 radical (unpaired) electrons. The van der Waals surface area contributed by atoms with Crippen molar-refractivity contribution in [2.75, 3.05) is 9.80 Å². The number of fused-ring (bicyclic) bond motifs is 6. The van der Waals surface area contributed by atoms with Gasteiger partial charge < -0.3 is 19.3 Å². The van der Waals surface area contributed by atoms with Crippen molar-refractivity contribution in [3.8, 4) is 11.5 Å². The van der Waals surface area contributed by atoms with Crippen LogP contribution in [-0.2, 0) is 0 Å². The minimum atomic E-state index is -0.526. The highest BCUT2D eigenvalue weighted by Crippen LogP contribution is 2.54. The Balaban J connectivity index is 1.18. The summed E-state index contributed by atoms with van der Waals surface area (Å²) in [6, 6.07) is 80.5. The lowest BCUT2D eigenvalue weighted by Crippen LogP contribution is -2.13. The molecule has 0 aliphatic rings. The number of rotatable bonds is 10. The Morgan fingerprint density at radius 3 is 0.843 bits per heavy atom. The van der Waals surface area contributed by atoms with Gasteiger partial charge in [0.1, 0.15) is 11.5 Å². The number of esters is 2. The minimum Gasteiger partial charge on any atom is -0.423 e. The van der Waals surface area contributed by atoms with Crippen LogP contribution in [0.2, 0.25) is 0 Å². The van der Waals surface area contributed by atoms with Crippen molar-refractivity contribution >= 4 is 111 Å². The number of hydrogen-bond donors (Lipinski definition) is 0. The number of para-hydroxylation sites is 6. The van der Waals surface area contributed by atoms with Gasteiger partial charge in [0, 0.05) is 55.1 Å². The fourth-order valence-electron chi connectivity index (χ4n) is 10.7. The summed E-state index contributed by atoms with van der Waals surface area (Å²) in [7, 11) is 0. The number of hydrogen-bond acceptors (Lipinski definition) is 6. The van der Waals surface area contributed by atoms with Crippen LogP contribution in [0.4, 0.5) is 34.1 Å². The molecule has 6 nitrogen and oxygen atoms in total. The largest absolute Gasteiger partial charge is 0.423 e. The predicted molar refractivity (Wildman–Crippen MR) is 286 cm³/mol. The molecule has 0 aliphatic heterocycles. The molecule has 0 aliphatic carbocycles. The van der Waals surface area contributed by atoms with E-state index >= 15 is 9.59 Å². The highest BCUT2D eigenvalue weighted by atomic mass is 16.5. The third-order valence-electron chi connectivity index (χ3n) is 13.5. The Labute approximate surface area is 403 Å². The molecule has 0 aromatic heterocycles. The monoisotopic (exact) mass is 900 g/mol. The van der Waals surface area contributed by atoms with Crippen molar-refractivity contribution in [1.82, 2.24) is 0 Å². The van der Waals surface area contributed by atoms with E-state index in [4.69, 9.17) is 9.47 Å². The first-order valence-corrected chi connectivity index (χ1v) is 23.3. The fourth-order valence-corrected chi connectivity index (χ4v) is 10.7. The first kappa shape index (κ1) is 40.7. The van der Waals surface area contributed by atoms with Gasteiger partial charge in [-0.1, -0.05) is 158 Å². The van der Waals surface area contributed by atoms with Gasteiger partial charge in [0.05, 0.1) is 22.5 Å². The van der Waals surface area contributed by atoms with Gasteiger partial charge in [-0.3, -0.25) is 0 Å². The number of anilines is 6. The van der Waals surface area contributed by atoms with Gasteiger partial charge in [-0.05, 0) is 117 Å². The normalized spacial score (nSPS) is 11.5. The second kappa shape index (κ2) is 16.7. The van der Waals surface area contributed by atoms with Gasteiger partial charge >= 0.3 is 11.9 Å². The molecule has 0 saturated carbocycles. The van der Waals surface area contributed by atoms with Crippen molar-refractivity contribution < 1.29 is 19.1 Å². The molecule has 70 heavy (non-hydrogen) atoms. The van der Waals surface area contributed by atoms with Crippen molar-refractivity contribution in [2.45, 2.75) is 0 Å². The van der Waals surface area contributed by atoms with Crippen LogP contribution in [0.25, 0.3) is 64.6 Å². The molecule has 330 valence electrons. The summed E-state index contributed by atoms with van der Waals surface area (Å²) in [5.41, 5.74) is 6.62. The zero-order valence-electron chi connectivity index (χ0n) is 37.6. The number of carbonyl (C=O) groups is 2. The summed E-state index contributed by atoms with van der Waals surface area (Å²) in [6.45, 7) is 0. The second-order valence-corrected chi connectivity index (χ2v) is 17.4. The van der Waals surface area contributed by atoms with Gasteiger partial charge in [-0.25, -0.2) is 9.59 Å². The molecular weight excluding hydrogens is 861 g/mol. The first-order valence-electron chi connectivity index (χ1n) is 23.3. The van der Waals surface area contributed by atoms with Gasteiger partial charge in [-0.2, -0.15) is 0 Å². The zero-order valence-corrected chi connectivity index (χ0v) is 37.6. The van der Waals surface area contributed by atoms with Crippen LogP contribution < -0.4 is 19.3 Å². The molecule has 0 bridgehead atoms. The van der Waals surface area contributed by atoms with E-state index in [1.54, 1.807) is 24.3 Å². The van der Waals surface area contributed by atoms with E-state index in [1.807, 2.05) is 121 Å². The molecule has 0 amide bonds. The quantitative estimate of drug-likeness (QED) is 0.101. The topological polar surface area (TPSA) is 59.1 Å². The first-order chi connectivity index (χ1) is 34.6. The van der Waals surface area contributed by atoms with Gasteiger partial charge in [0.2, 0.25) is 0 Å². The molecule has 0 unspecified atom stereocenters. The van der Waals surface area contributed by atoms with Crippen LogP contribution in [-0.4, -0.2) is 11.9 Å². The Morgan fingerprint density at radius 1 is 0.257 bits per heavy atom. The summed E-state index contributed by atoms with van der Waals surface area (Å²) in [5, 5.41) is 9.57. The van der Waals surface area contributed by atoms with E-state index in [9.17, 15) is 0 Å². The van der Waals surface area contributed by atoms with Crippen molar-refractivity contribution in [1.29, 1.82) is 0 Å². The highest BCUT2D eigenvalue weighted by molar-refractivity contribution is 6.47. The second-order valence-electron chi connectivity index (χ2n) is 17.4. The molecule has 0 N–H and O–H groups in total. The Kier molecular flexibility index (Phi) is 9.70. The Morgan fingerprint density at radius 2 is 0.529 bits per heavy atom. The molecular formula is C64H40N2O4. The van der Waals surface area contributed by atoms with Gasteiger partial charge in [0.25, 0.3) is 0 Å². The molecule has 0 spiro atoms. The summed E-state index contributed by atoms with van der Waals surface area (Å²) in [6.07, 6.45) is 0. The van der Waals surface area contributed by atoms with E-state index < -0.39 is 11.9 Å². The molecule has 0 fully saturated rings. The molecule has 0 saturated heterocycles. The molecule has 0 atom stereocenters. The number of benzene rings is 11. The predicted octanol–water partition coefficient (Wildman–Crippen LogP) is 16.9. The summed E-state index contributed by atoms with van der Waals surface area (Å²) < 4.78 is 12.8. The molecule has 13 rings (SSSR count). The molecule has 6 heteroatoms. The van der Waals surface area contributed by atoms with E-state index in [-0.39, 0.29) is 0 Å². The van der Waals surface area contributed by atoms with Gasteiger partial charge in [0.15, 0.2) is 0 Å². The maximum Gasteiger partial charge on any atom is 0.344 e. The lowest BCUT2D eigenvalue weighted by Gasteiger charge is -2.27. The highest BCUT2D eigenvalue weighted by Gasteiger charge is 2.34. The maximum atomic E-state index is 15.6. The van der Waals surface area contributed by atoms with Crippen LogP contribution in [0.1, 0.15) is 20.7 Å². The van der Waals surface area contributed by atoms with E-state index in [2.05, 4.69) is 107 Å². The van der Waals surface area contributed by atoms with Crippen LogP contribution in [0, 0.1) is 0 Å². The zero-order chi connectivity index (χ0) is 46.7. The average Bonchev–Trinajstić information content (AvgIpc) is 3.93.